The van der Waals surface area contributed by atoms with Gasteiger partial charge in [-0.3, -0.25) is 0 Å². The number of halogens is 4. The lowest BCUT2D eigenvalue weighted by Gasteiger charge is -2.20. The van der Waals surface area contributed by atoms with Gasteiger partial charge >= 0.3 is 12.1 Å². The smallest absolute Gasteiger partial charge is 0.393 e. The fraction of sp³-hybridized carbons (Fsp3) is 0.318. The zero-order valence-electron chi connectivity index (χ0n) is 18.3. The van der Waals surface area contributed by atoms with Gasteiger partial charge in [-0.1, -0.05) is 24.6 Å². The predicted molar refractivity (Wildman–Crippen MR) is 121 cm³/mol. The van der Waals surface area contributed by atoms with Gasteiger partial charge in [-0.15, -0.1) is 0 Å². The lowest BCUT2D eigenvalue weighted by atomic mass is 10.0. The van der Waals surface area contributed by atoms with Gasteiger partial charge in [0.1, 0.15) is 11.2 Å². The van der Waals surface area contributed by atoms with E-state index in [0.717, 1.165) is 12.5 Å². The molecular weight excluding hydrogens is 473 g/mol. The van der Waals surface area contributed by atoms with Gasteiger partial charge < -0.3 is 15.7 Å². The van der Waals surface area contributed by atoms with Crippen LogP contribution in [-0.4, -0.2) is 38.7 Å². The van der Waals surface area contributed by atoms with Crippen LogP contribution in [0.4, 0.5) is 24.7 Å². The summed E-state index contributed by atoms with van der Waals surface area (Å²) in [5.41, 5.74) is 1.95. The lowest BCUT2D eigenvalue weighted by Crippen LogP contribution is -2.27. The Morgan fingerprint density at radius 3 is 2.56 bits per heavy atom. The molecule has 12 heteroatoms. The molecule has 0 spiro atoms. The number of pyridine rings is 1. The highest BCUT2D eigenvalue weighted by Gasteiger charge is 2.35. The summed E-state index contributed by atoms with van der Waals surface area (Å²) >= 11 is 5.82. The van der Waals surface area contributed by atoms with Gasteiger partial charge in [-0.05, 0) is 37.6 Å². The van der Waals surface area contributed by atoms with Gasteiger partial charge in [-0.25, -0.2) is 19.7 Å². The molecule has 178 valence electrons. The number of aromatic carboxylic acids is 1. The maximum Gasteiger partial charge on any atom is 0.393 e. The number of aromatic nitrogens is 3. The van der Waals surface area contributed by atoms with E-state index >= 15 is 0 Å². The first-order valence-corrected chi connectivity index (χ1v) is 10.5. The van der Waals surface area contributed by atoms with Crippen LogP contribution in [0.2, 0.25) is 5.15 Å². The molecule has 2 atom stereocenters. The molecule has 0 saturated heterocycles. The van der Waals surface area contributed by atoms with Crippen LogP contribution in [-0.2, 0) is 0 Å². The molecule has 3 N–H and O–H groups in total. The van der Waals surface area contributed by atoms with Crippen LogP contribution in [0.5, 0.6) is 0 Å². The number of benzene rings is 1. The summed E-state index contributed by atoms with van der Waals surface area (Å²) in [5, 5.41) is 24.6. The normalized spacial score (nSPS) is 13.2. The lowest BCUT2D eigenvalue weighted by molar-refractivity contribution is -0.165. The molecule has 0 radical (unpaired) electrons. The molecule has 0 saturated carbocycles. The number of nitrogens with one attached hydrogen (secondary N) is 2. The Morgan fingerprint density at radius 1 is 1.24 bits per heavy atom. The fourth-order valence-electron chi connectivity index (χ4n) is 3.26. The topological polar surface area (TPSA) is 124 Å². The van der Waals surface area contributed by atoms with Crippen LogP contribution in [0.25, 0.3) is 11.0 Å². The molecule has 3 aromatic rings. The number of nitrogens with zero attached hydrogens (tertiary/aromatic N) is 4. The number of anilines is 2. The van der Waals surface area contributed by atoms with Crippen LogP contribution in [0, 0.1) is 24.2 Å². The van der Waals surface area contributed by atoms with Crippen molar-refractivity contribution >= 4 is 40.1 Å². The Morgan fingerprint density at radius 2 is 1.94 bits per heavy atom. The summed E-state index contributed by atoms with van der Waals surface area (Å²) in [7, 11) is 0. The Labute approximate surface area is 197 Å². The summed E-state index contributed by atoms with van der Waals surface area (Å²) in [6.07, 6.45) is -4.40. The first-order valence-electron chi connectivity index (χ1n) is 10.1. The Kier molecular flexibility index (Phi) is 7.12. The molecule has 0 fully saturated rings. The number of rotatable bonds is 7. The highest BCUT2D eigenvalue weighted by atomic mass is 35.5. The first-order chi connectivity index (χ1) is 15.9. The summed E-state index contributed by atoms with van der Waals surface area (Å²) < 4.78 is 38.8. The number of carboxylic acid groups (broad SMARTS) is 1. The van der Waals surface area contributed by atoms with Crippen molar-refractivity contribution in [2.24, 2.45) is 5.92 Å². The van der Waals surface area contributed by atoms with Gasteiger partial charge in [-0.2, -0.15) is 18.4 Å². The van der Waals surface area contributed by atoms with Crippen molar-refractivity contribution < 1.29 is 23.1 Å². The first kappa shape index (κ1) is 25.0. The third kappa shape index (κ3) is 5.46. The van der Waals surface area contributed by atoms with Crippen LogP contribution in [0.15, 0.2) is 24.3 Å². The molecule has 2 aromatic heterocycles. The minimum absolute atomic E-state index is 0.0234. The van der Waals surface area contributed by atoms with Crippen molar-refractivity contribution in [1.82, 2.24) is 15.0 Å². The van der Waals surface area contributed by atoms with Gasteiger partial charge in [0.25, 0.3) is 0 Å². The maximum absolute atomic E-state index is 12.9. The number of hydrogen-bond donors (Lipinski definition) is 3. The summed E-state index contributed by atoms with van der Waals surface area (Å²) in [6, 6.07) is 7.79. The third-order valence-electron chi connectivity index (χ3n) is 5.09. The number of alkyl halides is 3. The summed E-state index contributed by atoms with van der Waals surface area (Å²) in [6.45, 7) is 4.11. The van der Waals surface area contributed by atoms with E-state index in [9.17, 15) is 28.3 Å². The quantitative estimate of drug-likeness (QED) is 0.377. The average molecular weight is 493 g/mol. The number of nitriles is 1. The molecule has 0 aliphatic carbocycles. The minimum atomic E-state index is -4.40. The van der Waals surface area contributed by atoms with E-state index in [1.54, 1.807) is 19.1 Å². The fourth-order valence-corrected chi connectivity index (χ4v) is 3.40. The van der Waals surface area contributed by atoms with Crippen molar-refractivity contribution in [2.75, 3.05) is 17.2 Å². The Balaban J connectivity index is 2.04. The van der Waals surface area contributed by atoms with Crippen molar-refractivity contribution in [3.63, 3.8) is 0 Å². The molecular formula is C22H20ClF3N6O2. The molecule has 34 heavy (non-hydrogen) atoms. The van der Waals surface area contributed by atoms with E-state index in [0.29, 0.717) is 16.6 Å². The second-order valence-corrected chi connectivity index (χ2v) is 8.17. The van der Waals surface area contributed by atoms with Gasteiger partial charge in [0.2, 0.25) is 0 Å². The Hall–Kier alpha value is -3.65. The Bertz CT molecular complexity index is 1290. The minimum Gasteiger partial charge on any atom is -0.476 e. The van der Waals surface area contributed by atoms with Crippen molar-refractivity contribution in [3.05, 3.63) is 51.9 Å². The highest BCUT2D eigenvalue weighted by molar-refractivity contribution is 6.29. The van der Waals surface area contributed by atoms with E-state index in [1.165, 1.54) is 12.1 Å². The van der Waals surface area contributed by atoms with E-state index < -0.39 is 30.7 Å². The van der Waals surface area contributed by atoms with Gasteiger partial charge in [0.15, 0.2) is 17.2 Å². The molecule has 0 aliphatic heterocycles. The maximum atomic E-state index is 12.9. The standard InChI is InChI=1S/C22H20ClF3N6O2/c1-10-6-13(12(3)29-14-4-5-17(23)31-19(14)21(33)34)18-15(7-10)30-16(8-27)20(32-18)28-9-11(2)22(24,25)26/h4-7,11-12,29H,9H2,1-3H3,(H,28,32)(H,33,34)/t11?,12-/m1/s1. The number of carbonyl (C=O) groups is 1. The van der Waals surface area contributed by atoms with Crippen molar-refractivity contribution in [1.29, 1.82) is 5.26 Å². The zero-order chi connectivity index (χ0) is 25.2. The number of aryl methyl sites for hydroxylation is 1. The van der Waals surface area contributed by atoms with E-state index in [2.05, 4.69) is 25.6 Å². The molecule has 0 aliphatic rings. The predicted octanol–water partition coefficient (Wildman–Crippen LogP) is 5.34. The van der Waals surface area contributed by atoms with E-state index in [4.69, 9.17) is 11.6 Å². The van der Waals surface area contributed by atoms with Crippen LogP contribution >= 0.6 is 11.6 Å². The third-order valence-corrected chi connectivity index (χ3v) is 5.30. The largest absolute Gasteiger partial charge is 0.476 e. The molecule has 1 aromatic carbocycles. The molecule has 2 heterocycles. The monoisotopic (exact) mass is 492 g/mol. The summed E-state index contributed by atoms with van der Waals surface area (Å²) in [4.78, 5) is 24.1. The summed E-state index contributed by atoms with van der Waals surface area (Å²) in [5.74, 6) is -3.00. The molecule has 3 rings (SSSR count). The van der Waals surface area contributed by atoms with Crippen LogP contribution in [0.3, 0.4) is 0 Å². The molecule has 8 nitrogen and oxygen atoms in total. The second kappa shape index (κ2) is 9.69. The van der Waals surface area contributed by atoms with Crippen LogP contribution < -0.4 is 10.6 Å². The molecule has 0 amide bonds. The van der Waals surface area contributed by atoms with E-state index in [-0.39, 0.29) is 28.0 Å². The zero-order valence-corrected chi connectivity index (χ0v) is 19.1. The number of hydrogen-bond acceptors (Lipinski definition) is 7. The van der Waals surface area contributed by atoms with Crippen molar-refractivity contribution in [2.45, 2.75) is 33.0 Å². The SMILES string of the molecule is Cc1cc([C@@H](C)Nc2ccc(Cl)nc2C(=O)O)c2nc(NCC(C)C(F)(F)F)c(C#N)nc2c1. The number of fused-ring (bicyclic) bond motifs is 1. The number of carboxylic acids is 1. The molecule has 1 unspecified atom stereocenters. The second-order valence-electron chi connectivity index (χ2n) is 7.78. The van der Waals surface area contributed by atoms with Gasteiger partial charge in [0.05, 0.1) is 28.7 Å². The van der Waals surface area contributed by atoms with Crippen LogP contribution in [0.1, 0.15) is 47.2 Å². The highest BCUT2D eigenvalue weighted by Crippen LogP contribution is 2.30. The molecule has 0 bridgehead atoms. The van der Waals surface area contributed by atoms with E-state index in [1.807, 2.05) is 13.0 Å². The van der Waals surface area contributed by atoms with Gasteiger partial charge in [0, 0.05) is 12.1 Å². The van der Waals surface area contributed by atoms with Crippen molar-refractivity contribution in [3.8, 4) is 6.07 Å². The average Bonchev–Trinajstić information content (AvgIpc) is 2.76.